The van der Waals surface area contributed by atoms with Gasteiger partial charge in [0.05, 0.1) is 18.3 Å². The monoisotopic (exact) mass is 251 g/mol. The Bertz CT molecular complexity index is 341. The molecule has 0 bridgehead atoms. The first-order valence-corrected chi connectivity index (χ1v) is 6.55. The van der Waals surface area contributed by atoms with Gasteiger partial charge in [-0.1, -0.05) is 19.1 Å². The van der Waals surface area contributed by atoms with E-state index in [0.717, 1.165) is 12.1 Å². The lowest BCUT2D eigenvalue weighted by molar-refractivity contribution is -0.0449. The number of aliphatic hydroxyl groups excluding tert-OH is 1. The molecule has 1 aromatic rings. The van der Waals surface area contributed by atoms with Crippen molar-refractivity contribution in [2.75, 3.05) is 18.5 Å². The van der Waals surface area contributed by atoms with Gasteiger partial charge >= 0.3 is 0 Å². The van der Waals surface area contributed by atoms with Gasteiger partial charge in [-0.3, -0.25) is 0 Å². The van der Waals surface area contributed by atoms with Gasteiger partial charge in [0.1, 0.15) is 0 Å². The lowest BCUT2D eigenvalue weighted by Crippen LogP contribution is -2.30. The molecule has 102 valence electrons. The fourth-order valence-corrected chi connectivity index (χ4v) is 1.50. The molecule has 0 aliphatic carbocycles. The average molecular weight is 251 g/mol. The minimum atomic E-state index is -0.491. The van der Waals surface area contributed by atoms with Gasteiger partial charge in [-0.25, -0.2) is 0 Å². The van der Waals surface area contributed by atoms with Crippen LogP contribution in [-0.4, -0.2) is 30.0 Å². The highest BCUT2D eigenvalue weighted by Crippen LogP contribution is 2.11. The van der Waals surface area contributed by atoms with E-state index in [2.05, 4.69) is 24.4 Å². The summed E-state index contributed by atoms with van der Waals surface area (Å²) in [6.07, 6.45) is 0.553. The molecule has 2 N–H and O–H groups in total. The van der Waals surface area contributed by atoms with E-state index in [0.29, 0.717) is 13.2 Å². The molecule has 0 amide bonds. The molecular formula is C15H25NO2. The molecule has 0 spiro atoms. The van der Waals surface area contributed by atoms with Crippen molar-refractivity contribution in [2.45, 2.75) is 45.8 Å². The Labute approximate surface area is 110 Å². The predicted molar refractivity (Wildman–Crippen MR) is 76.0 cm³/mol. The van der Waals surface area contributed by atoms with E-state index < -0.39 is 6.10 Å². The number of benzene rings is 1. The molecule has 0 aliphatic heterocycles. The van der Waals surface area contributed by atoms with Gasteiger partial charge in [-0.2, -0.15) is 0 Å². The van der Waals surface area contributed by atoms with E-state index in [4.69, 9.17) is 4.74 Å². The highest BCUT2D eigenvalue weighted by atomic mass is 16.5. The molecule has 0 saturated heterocycles. The SMILES string of the molecule is CCc1ccc(NCC(O)COC(C)(C)C)cc1. The molecule has 0 saturated carbocycles. The van der Waals surface area contributed by atoms with Gasteiger partial charge in [-0.15, -0.1) is 0 Å². The van der Waals surface area contributed by atoms with E-state index >= 15 is 0 Å². The summed E-state index contributed by atoms with van der Waals surface area (Å²) in [5, 5.41) is 13.0. The van der Waals surface area contributed by atoms with Crippen molar-refractivity contribution in [3.63, 3.8) is 0 Å². The first kappa shape index (κ1) is 15.0. The zero-order valence-electron chi connectivity index (χ0n) is 11.9. The standard InChI is InChI=1S/C15H25NO2/c1-5-12-6-8-13(9-7-12)16-10-14(17)11-18-15(2,3)4/h6-9,14,16-17H,5,10-11H2,1-4H3. The summed E-state index contributed by atoms with van der Waals surface area (Å²) in [4.78, 5) is 0. The zero-order chi connectivity index (χ0) is 13.6. The summed E-state index contributed by atoms with van der Waals surface area (Å²) in [6.45, 7) is 8.94. The van der Waals surface area contributed by atoms with Crippen LogP contribution in [0.2, 0.25) is 0 Å². The Balaban J connectivity index is 2.31. The maximum absolute atomic E-state index is 9.79. The van der Waals surface area contributed by atoms with Crippen LogP contribution in [0.15, 0.2) is 24.3 Å². The summed E-state index contributed by atoms with van der Waals surface area (Å²) in [5.74, 6) is 0. The molecule has 1 unspecified atom stereocenters. The number of anilines is 1. The predicted octanol–water partition coefficient (Wildman–Crippen LogP) is 2.84. The van der Waals surface area contributed by atoms with Crippen molar-refractivity contribution >= 4 is 5.69 Å². The maximum atomic E-state index is 9.79. The molecule has 1 rings (SSSR count). The van der Waals surface area contributed by atoms with Crippen LogP contribution in [0.1, 0.15) is 33.3 Å². The summed E-state index contributed by atoms with van der Waals surface area (Å²) in [7, 11) is 0. The van der Waals surface area contributed by atoms with Gasteiger partial charge in [-0.05, 0) is 44.9 Å². The van der Waals surface area contributed by atoms with Crippen LogP contribution in [0.25, 0.3) is 0 Å². The third kappa shape index (κ3) is 6.03. The number of ether oxygens (including phenoxy) is 1. The third-order valence-corrected chi connectivity index (χ3v) is 2.61. The van der Waals surface area contributed by atoms with Crippen molar-refractivity contribution in [3.05, 3.63) is 29.8 Å². The Morgan fingerprint density at radius 2 is 1.83 bits per heavy atom. The Morgan fingerprint density at radius 3 is 2.33 bits per heavy atom. The van der Waals surface area contributed by atoms with E-state index in [-0.39, 0.29) is 5.60 Å². The molecule has 1 aromatic carbocycles. The van der Waals surface area contributed by atoms with E-state index in [1.54, 1.807) is 0 Å². The smallest absolute Gasteiger partial charge is 0.0945 e. The molecule has 0 heterocycles. The van der Waals surface area contributed by atoms with Crippen LogP contribution in [0.4, 0.5) is 5.69 Å². The van der Waals surface area contributed by atoms with Crippen molar-refractivity contribution in [2.24, 2.45) is 0 Å². The molecule has 0 fully saturated rings. The fraction of sp³-hybridized carbons (Fsp3) is 0.600. The number of hydrogen-bond donors (Lipinski definition) is 2. The van der Waals surface area contributed by atoms with Crippen LogP contribution < -0.4 is 5.32 Å². The lowest BCUT2D eigenvalue weighted by Gasteiger charge is -2.22. The third-order valence-electron chi connectivity index (χ3n) is 2.61. The first-order valence-electron chi connectivity index (χ1n) is 6.55. The molecule has 0 radical (unpaired) electrons. The molecule has 0 aliphatic rings. The second kappa shape index (κ2) is 6.76. The van der Waals surface area contributed by atoms with Crippen LogP contribution >= 0.6 is 0 Å². The summed E-state index contributed by atoms with van der Waals surface area (Å²) in [5.41, 5.74) is 2.14. The fourth-order valence-electron chi connectivity index (χ4n) is 1.50. The zero-order valence-corrected chi connectivity index (χ0v) is 11.9. The molecule has 1 atom stereocenters. The topological polar surface area (TPSA) is 41.5 Å². The van der Waals surface area contributed by atoms with E-state index in [1.165, 1.54) is 5.56 Å². The lowest BCUT2D eigenvalue weighted by atomic mass is 10.1. The number of aliphatic hydroxyl groups is 1. The Kier molecular flexibility index (Phi) is 5.63. The number of nitrogens with one attached hydrogen (secondary N) is 1. The molecule has 3 nitrogen and oxygen atoms in total. The second-order valence-corrected chi connectivity index (χ2v) is 5.51. The molecule has 3 heteroatoms. The van der Waals surface area contributed by atoms with E-state index in [1.807, 2.05) is 32.9 Å². The molecule has 0 aromatic heterocycles. The van der Waals surface area contributed by atoms with Crippen LogP contribution in [0, 0.1) is 0 Å². The summed E-state index contributed by atoms with van der Waals surface area (Å²) >= 11 is 0. The van der Waals surface area contributed by atoms with Crippen LogP contribution in [0.5, 0.6) is 0 Å². The minimum absolute atomic E-state index is 0.205. The Hall–Kier alpha value is -1.06. The van der Waals surface area contributed by atoms with Gasteiger partial charge in [0.15, 0.2) is 0 Å². The number of rotatable bonds is 6. The number of aryl methyl sites for hydroxylation is 1. The highest BCUT2D eigenvalue weighted by molar-refractivity contribution is 5.44. The Morgan fingerprint density at radius 1 is 1.22 bits per heavy atom. The summed E-state index contributed by atoms with van der Waals surface area (Å²) in [6, 6.07) is 8.27. The van der Waals surface area contributed by atoms with Crippen LogP contribution in [0.3, 0.4) is 0 Å². The van der Waals surface area contributed by atoms with Gasteiger partial charge in [0.25, 0.3) is 0 Å². The maximum Gasteiger partial charge on any atom is 0.0945 e. The van der Waals surface area contributed by atoms with Gasteiger partial charge in [0, 0.05) is 12.2 Å². The van der Waals surface area contributed by atoms with Crippen molar-refractivity contribution in [1.82, 2.24) is 0 Å². The van der Waals surface area contributed by atoms with Crippen molar-refractivity contribution in [3.8, 4) is 0 Å². The van der Waals surface area contributed by atoms with E-state index in [9.17, 15) is 5.11 Å². The first-order chi connectivity index (χ1) is 8.40. The molecule has 18 heavy (non-hydrogen) atoms. The number of hydrogen-bond acceptors (Lipinski definition) is 3. The highest BCUT2D eigenvalue weighted by Gasteiger charge is 2.13. The second-order valence-electron chi connectivity index (χ2n) is 5.51. The summed E-state index contributed by atoms with van der Waals surface area (Å²) < 4.78 is 5.53. The quantitative estimate of drug-likeness (QED) is 0.817. The average Bonchev–Trinajstić information content (AvgIpc) is 2.33. The van der Waals surface area contributed by atoms with Crippen molar-refractivity contribution in [1.29, 1.82) is 0 Å². The minimum Gasteiger partial charge on any atom is -0.389 e. The molecular weight excluding hydrogens is 226 g/mol. The largest absolute Gasteiger partial charge is 0.389 e. The van der Waals surface area contributed by atoms with Gasteiger partial charge < -0.3 is 15.2 Å². The van der Waals surface area contributed by atoms with Crippen molar-refractivity contribution < 1.29 is 9.84 Å². The van der Waals surface area contributed by atoms with Gasteiger partial charge in [0.2, 0.25) is 0 Å². The van der Waals surface area contributed by atoms with Crippen LogP contribution in [-0.2, 0) is 11.2 Å². The normalized spacial score (nSPS) is 13.4.